The number of benzene rings is 1. The number of nitrogens with one attached hydrogen (secondary N) is 1. The molecular formula is C23H36N2O3S. The van der Waals surface area contributed by atoms with Crippen molar-refractivity contribution in [3.63, 3.8) is 0 Å². The van der Waals surface area contributed by atoms with Gasteiger partial charge in [0.2, 0.25) is 15.9 Å². The van der Waals surface area contributed by atoms with Crippen molar-refractivity contribution >= 4 is 15.9 Å². The highest BCUT2D eigenvalue weighted by Crippen LogP contribution is 2.39. The smallest absolute Gasteiger partial charge is 0.243 e. The summed E-state index contributed by atoms with van der Waals surface area (Å²) >= 11 is 0. The lowest BCUT2D eigenvalue weighted by molar-refractivity contribution is -0.126. The van der Waals surface area contributed by atoms with Gasteiger partial charge in [0.25, 0.3) is 0 Å². The Balaban J connectivity index is 1.42. The molecule has 1 aliphatic carbocycles. The summed E-state index contributed by atoms with van der Waals surface area (Å²) in [6, 6.07) is 8.63. The van der Waals surface area contributed by atoms with Crippen molar-refractivity contribution in [2.45, 2.75) is 64.2 Å². The van der Waals surface area contributed by atoms with Crippen molar-refractivity contribution in [2.24, 2.45) is 23.2 Å². The zero-order valence-corrected chi connectivity index (χ0v) is 18.9. The SMILES string of the molecule is CC(C)(C)C1CCC(C(=O)NCC2CCN(S(=O)(=O)c3ccccc3)CC2)CC1. The summed E-state index contributed by atoms with van der Waals surface area (Å²) in [7, 11) is -3.41. The predicted molar refractivity (Wildman–Crippen MR) is 116 cm³/mol. The fourth-order valence-electron chi connectivity index (χ4n) is 4.71. The van der Waals surface area contributed by atoms with Gasteiger partial charge < -0.3 is 5.32 Å². The van der Waals surface area contributed by atoms with Crippen LogP contribution >= 0.6 is 0 Å². The Labute approximate surface area is 176 Å². The van der Waals surface area contributed by atoms with E-state index in [1.807, 2.05) is 6.07 Å². The van der Waals surface area contributed by atoms with Crippen molar-refractivity contribution in [1.29, 1.82) is 0 Å². The Morgan fingerprint density at radius 1 is 1.00 bits per heavy atom. The van der Waals surface area contributed by atoms with Crippen LogP contribution in [0, 0.1) is 23.2 Å². The maximum atomic E-state index is 12.7. The topological polar surface area (TPSA) is 66.5 Å². The molecule has 0 aromatic heterocycles. The van der Waals surface area contributed by atoms with Gasteiger partial charge in [-0.15, -0.1) is 0 Å². The van der Waals surface area contributed by atoms with Crippen molar-refractivity contribution < 1.29 is 13.2 Å². The van der Waals surface area contributed by atoms with Gasteiger partial charge in [0.1, 0.15) is 0 Å². The average molecular weight is 421 g/mol. The molecule has 1 amide bonds. The minimum atomic E-state index is -3.41. The molecule has 162 valence electrons. The number of piperidine rings is 1. The molecule has 1 aromatic rings. The standard InChI is InChI=1S/C23H36N2O3S/c1-23(2,3)20-11-9-19(10-12-20)22(26)24-17-18-13-15-25(16-14-18)29(27,28)21-7-5-4-6-8-21/h4-8,18-20H,9-17H2,1-3H3,(H,24,26). The second-order valence-corrected chi connectivity index (χ2v) is 11.8. The van der Waals surface area contributed by atoms with Crippen LogP contribution in [-0.2, 0) is 14.8 Å². The maximum absolute atomic E-state index is 12.7. The maximum Gasteiger partial charge on any atom is 0.243 e. The Morgan fingerprint density at radius 2 is 1.59 bits per heavy atom. The number of hydrogen-bond donors (Lipinski definition) is 1. The van der Waals surface area contributed by atoms with Crippen molar-refractivity contribution in [1.82, 2.24) is 9.62 Å². The van der Waals surface area contributed by atoms with Gasteiger partial charge in [-0.05, 0) is 67.9 Å². The number of nitrogens with zero attached hydrogens (tertiary/aromatic N) is 1. The Hall–Kier alpha value is -1.40. The molecule has 1 N–H and O–H groups in total. The van der Waals surface area contributed by atoms with Crippen LogP contribution in [0.4, 0.5) is 0 Å². The first kappa shape index (κ1) is 22.3. The van der Waals surface area contributed by atoms with E-state index in [2.05, 4.69) is 26.1 Å². The molecule has 1 saturated carbocycles. The molecule has 0 bridgehead atoms. The molecule has 1 aromatic carbocycles. The van der Waals surface area contributed by atoms with E-state index in [1.165, 1.54) is 0 Å². The first-order valence-corrected chi connectivity index (χ1v) is 12.4. The first-order valence-electron chi connectivity index (χ1n) is 11.0. The molecule has 1 saturated heterocycles. The summed E-state index contributed by atoms with van der Waals surface area (Å²) in [4.78, 5) is 12.9. The molecule has 3 rings (SSSR count). The highest BCUT2D eigenvalue weighted by Gasteiger charge is 2.33. The number of rotatable bonds is 5. The largest absolute Gasteiger partial charge is 0.356 e. The molecule has 0 atom stereocenters. The monoisotopic (exact) mass is 420 g/mol. The molecule has 29 heavy (non-hydrogen) atoms. The Morgan fingerprint density at radius 3 is 2.14 bits per heavy atom. The molecule has 2 aliphatic rings. The summed E-state index contributed by atoms with van der Waals surface area (Å²) < 4.78 is 27.0. The van der Waals surface area contributed by atoms with Gasteiger partial charge >= 0.3 is 0 Å². The van der Waals surface area contributed by atoms with Gasteiger partial charge in [-0.3, -0.25) is 4.79 Å². The molecule has 0 spiro atoms. The Bertz CT molecular complexity index is 770. The van der Waals surface area contributed by atoms with E-state index in [9.17, 15) is 13.2 Å². The lowest BCUT2D eigenvalue weighted by Crippen LogP contribution is -2.42. The van der Waals surface area contributed by atoms with E-state index >= 15 is 0 Å². The third-order valence-electron chi connectivity index (χ3n) is 6.84. The van der Waals surface area contributed by atoms with Gasteiger partial charge in [0.05, 0.1) is 4.90 Å². The normalized spacial score (nSPS) is 24.9. The van der Waals surface area contributed by atoms with Crippen LogP contribution in [0.2, 0.25) is 0 Å². The van der Waals surface area contributed by atoms with Crippen molar-refractivity contribution in [3.8, 4) is 0 Å². The van der Waals surface area contributed by atoms with Gasteiger partial charge in [-0.25, -0.2) is 8.42 Å². The number of hydrogen-bond acceptors (Lipinski definition) is 3. The summed E-state index contributed by atoms with van der Waals surface area (Å²) in [5, 5.41) is 3.15. The minimum Gasteiger partial charge on any atom is -0.356 e. The van der Waals surface area contributed by atoms with Crippen molar-refractivity contribution in [3.05, 3.63) is 30.3 Å². The van der Waals surface area contributed by atoms with Gasteiger partial charge in [0, 0.05) is 25.6 Å². The number of carbonyl (C=O) groups excluding carboxylic acids is 1. The summed E-state index contributed by atoms with van der Waals surface area (Å²) in [5.74, 6) is 1.40. The third kappa shape index (κ3) is 5.60. The zero-order chi connectivity index (χ0) is 21.1. The van der Waals surface area contributed by atoms with Crippen LogP contribution in [0.25, 0.3) is 0 Å². The highest BCUT2D eigenvalue weighted by atomic mass is 32.2. The zero-order valence-electron chi connectivity index (χ0n) is 18.1. The van der Waals surface area contributed by atoms with E-state index in [0.29, 0.717) is 41.8 Å². The predicted octanol–water partition coefficient (Wildman–Crippen LogP) is 4.06. The molecule has 1 heterocycles. The lowest BCUT2D eigenvalue weighted by atomic mass is 9.69. The third-order valence-corrected chi connectivity index (χ3v) is 8.76. The van der Waals surface area contributed by atoms with Crippen LogP contribution in [0.3, 0.4) is 0 Å². The summed E-state index contributed by atoms with van der Waals surface area (Å²) in [6.45, 7) is 8.59. The quantitative estimate of drug-likeness (QED) is 0.781. The summed E-state index contributed by atoms with van der Waals surface area (Å²) in [6.07, 6.45) is 5.84. The van der Waals surface area contributed by atoms with Crippen LogP contribution in [-0.4, -0.2) is 38.3 Å². The van der Waals surface area contributed by atoms with Crippen LogP contribution in [0.15, 0.2) is 35.2 Å². The van der Waals surface area contributed by atoms with E-state index in [-0.39, 0.29) is 11.8 Å². The fraction of sp³-hybridized carbons (Fsp3) is 0.696. The van der Waals surface area contributed by atoms with E-state index in [0.717, 1.165) is 38.5 Å². The van der Waals surface area contributed by atoms with Gasteiger partial charge in [0.15, 0.2) is 0 Å². The molecule has 6 heteroatoms. The second kappa shape index (κ2) is 9.17. The molecule has 1 aliphatic heterocycles. The first-order chi connectivity index (χ1) is 13.7. The molecule has 0 radical (unpaired) electrons. The minimum absolute atomic E-state index is 0.146. The van der Waals surface area contributed by atoms with E-state index in [1.54, 1.807) is 28.6 Å². The highest BCUT2D eigenvalue weighted by molar-refractivity contribution is 7.89. The average Bonchev–Trinajstić information content (AvgIpc) is 2.72. The van der Waals surface area contributed by atoms with Crippen molar-refractivity contribution in [2.75, 3.05) is 19.6 Å². The number of amides is 1. The number of carbonyl (C=O) groups is 1. The second-order valence-electron chi connectivity index (χ2n) is 9.82. The molecule has 5 nitrogen and oxygen atoms in total. The van der Waals surface area contributed by atoms with E-state index in [4.69, 9.17) is 0 Å². The fourth-order valence-corrected chi connectivity index (χ4v) is 6.20. The molecule has 2 fully saturated rings. The molecule has 0 unspecified atom stereocenters. The Kier molecular flexibility index (Phi) is 7.05. The summed E-state index contributed by atoms with van der Waals surface area (Å²) in [5.41, 5.74) is 0.329. The van der Waals surface area contributed by atoms with Crippen LogP contribution in [0.1, 0.15) is 59.3 Å². The van der Waals surface area contributed by atoms with Crippen LogP contribution in [0.5, 0.6) is 0 Å². The molecular weight excluding hydrogens is 384 g/mol. The van der Waals surface area contributed by atoms with Gasteiger partial charge in [-0.2, -0.15) is 4.31 Å². The van der Waals surface area contributed by atoms with E-state index < -0.39 is 10.0 Å². The van der Waals surface area contributed by atoms with Gasteiger partial charge in [-0.1, -0.05) is 39.0 Å². The number of sulfonamides is 1. The van der Waals surface area contributed by atoms with Crippen LogP contribution < -0.4 is 5.32 Å². The lowest BCUT2D eigenvalue weighted by Gasteiger charge is -2.36.